The van der Waals surface area contributed by atoms with E-state index in [0.717, 1.165) is 85.5 Å². The molecule has 14 heteroatoms. The number of hydrogen-bond donors (Lipinski definition) is 1. The topological polar surface area (TPSA) is 128 Å². The van der Waals surface area contributed by atoms with Crippen LogP contribution in [0.5, 0.6) is 0 Å². The number of fused-ring (bicyclic) bond motifs is 1. The molecule has 244 valence electrons. The quantitative estimate of drug-likeness (QED) is 0.278. The molecule has 3 amide bonds. The number of piperazine rings is 1. The highest BCUT2D eigenvalue weighted by atomic mass is 19.1. The highest BCUT2D eigenvalue weighted by Gasteiger charge is 2.29. The molecule has 1 N–H and O–H groups in total. The first-order valence-corrected chi connectivity index (χ1v) is 16.2. The van der Waals surface area contributed by atoms with Gasteiger partial charge in [0.1, 0.15) is 23.1 Å². The van der Waals surface area contributed by atoms with E-state index in [4.69, 9.17) is 10.1 Å². The molecule has 8 rings (SSSR count). The number of hydrogen-bond acceptors (Lipinski definition) is 10. The van der Waals surface area contributed by atoms with Crippen LogP contribution in [0.2, 0.25) is 0 Å². The lowest BCUT2D eigenvalue weighted by molar-refractivity contribution is -0.120. The fourth-order valence-electron chi connectivity index (χ4n) is 6.76. The molecule has 1 atom stereocenters. The molecule has 0 unspecified atom stereocenters. The number of rotatable bonds is 7. The zero-order valence-corrected chi connectivity index (χ0v) is 26.2. The van der Waals surface area contributed by atoms with Crippen molar-refractivity contribution in [2.24, 2.45) is 0 Å². The Morgan fingerprint density at radius 3 is 2.52 bits per heavy atom. The normalized spacial score (nSPS) is 18.9. The average Bonchev–Trinajstić information content (AvgIpc) is 3.77. The Bertz CT molecular complexity index is 1980. The zero-order chi connectivity index (χ0) is 32.6. The van der Waals surface area contributed by atoms with E-state index >= 15 is 0 Å². The summed E-state index contributed by atoms with van der Waals surface area (Å²) >= 11 is 0. The predicted octanol–water partition coefficient (Wildman–Crippen LogP) is 3.83. The lowest BCUT2D eigenvalue weighted by Crippen LogP contribution is -2.50. The maximum atomic E-state index is 14.0. The fraction of sp³-hybridized carbons (Fsp3) is 0.324. The number of pyridine rings is 1. The summed E-state index contributed by atoms with van der Waals surface area (Å²) < 4.78 is 15.9. The molecule has 3 aliphatic heterocycles. The second-order valence-corrected chi connectivity index (χ2v) is 12.3. The summed E-state index contributed by atoms with van der Waals surface area (Å²) in [6.45, 7) is 5.05. The first kappa shape index (κ1) is 29.9. The average molecular weight is 648 g/mol. The lowest BCUT2D eigenvalue weighted by atomic mass is 10.0. The molecule has 3 saturated heterocycles. The molecule has 48 heavy (non-hydrogen) atoms. The molecule has 13 nitrogen and oxygen atoms in total. The summed E-state index contributed by atoms with van der Waals surface area (Å²) in [6, 6.07) is 20.1. The summed E-state index contributed by atoms with van der Waals surface area (Å²) in [5.74, 6) is 1.65. The van der Waals surface area contributed by atoms with Crippen LogP contribution in [0, 0.1) is 5.82 Å². The van der Waals surface area contributed by atoms with Gasteiger partial charge in [-0.05, 0) is 66.9 Å². The number of benzene rings is 1. The minimum Gasteiger partial charge on any atom is -0.354 e. The maximum absolute atomic E-state index is 14.0. The fourth-order valence-corrected chi connectivity index (χ4v) is 6.76. The van der Waals surface area contributed by atoms with E-state index in [9.17, 15) is 14.0 Å². The van der Waals surface area contributed by atoms with Crippen LogP contribution in [0.3, 0.4) is 0 Å². The summed E-state index contributed by atoms with van der Waals surface area (Å²) in [5, 5.41) is 15.9. The second-order valence-electron chi connectivity index (χ2n) is 12.3. The van der Waals surface area contributed by atoms with E-state index < -0.39 is 6.03 Å². The third-order valence-corrected chi connectivity index (χ3v) is 9.24. The van der Waals surface area contributed by atoms with Crippen LogP contribution in [0.4, 0.5) is 26.6 Å². The summed E-state index contributed by atoms with van der Waals surface area (Å²) in [7, 11) is 0. The van der Waals surface area contributed by atoms with Crippen molar-refractivity contribution in [2.45, 2.75) is 31.8 Å². The van der Waals surface area contributed by atoms with Crippen molar-refractivity contribution in [3.8, 4) is 11.4 Å². The first-order chi connectivity index (χ1) is 23.5. The standard InChI is InChI=1S/C34H34FN11O2/c35-24-5-1-4-23(20-24)27-7-3-14-44(27)32-12-11-29-36-21-28(46(29)41-32)26-6-2-8-30(37-26)43-18-16-42(17-19-43)22-25-9-10-31(40-39-25)45-15-13-33(47)38-34(45)48/h1-2,4-6,8-12,20-21,27H,3,7,13-19,22H2,(H,38,47,48)/t27-/m1/s1. The van der Waals surface area contributed by atoms with Gasteiger partial charge in [-0.25, -0.2) is 23.7 Å². The Morgan fingerprint density at radius 1 is 0.854 bits per heavy atom. The molecule has 7 heterocycles. The highest BCUT2D eigenvalue weighted by Crippen LogP contribution is 2.36. The van der Waals surface area contributed by atoms with Gasteiger partial charge in [-0.3, -0.25) is 19.9 Å². The van der Waals surface area contributed by atoms with E-state index in [1.165, 1.54) is 11.0 Å². The minimum absolute atomic E-state index is 0.0694. The number of aromatic nitrogens is 6. The highest BCUT2D eigenvalue weighted by molar-refractivity contribution is 6.05. The van der Waals surface area contributed by atoms with Gasteiger partial charge < -0.3 is 9.80 Å². The number of carbonyl (C=O) groups is 2. The van der Waals surface area contributed by atoms with Crippen molar-refractivity contribution < 1.29 is 14.0 Å². The first-order valence-electron chi connectivity index (χ1n) is 16.2. The minimum atomic E-state index is -0.470. The third-order valence-electron chi connectivity index (χ3n) is 9.24. The van der Waals surface area contributed by atoms with Crippen LogP contribution in [-0.2, 0) is 11.3 Å². The molecule has 0 bridgehead atoms. The number of amides is 3. The van der Waals surface area contributed by atoms with Crippen LogP contribution in [0.25, 0.3) is 17.0 Å². The maximum Gasteiger partial charge on any atom is 0.329 e. The molecule has 5 aromatic rings. The van der Waals surface area contributed by atoms with Gasteiger partial charge >= 0.3 is 6.03 Å². The number of anilines is 3. The number of nitrogens with one attached hydrogen (secondary N) is 1. The van der Waals surface area contributed by atoms with Gasteiger partial charge in [-0.15, -0.1) is 10.2 Å². The van der Waals surface area contributed by atoms with Gasteiger partial charge in [-0.1, -0.05) is 18.2 Å². The molecular weight excluding hydrogens is 613 g/mol. The number of carbonyl (C=O) groups excluding carboxylic acids is 2. The van der Waals surface area contributed by atoms with Crippen molar-refractivity contribution in [1.29, 1.82) is 0 Å². The Labute approximate surface area is 276 Å². The van der Waals surface area contributed by atoms with E-state index in [0.29, 0.717) is 18.9 Å². The summed E-state index contributed by atoms with van der Waals surface area (Å²) in [6.07, 6.45) is 4.01. The second kappa shape index (κ2) is 12.6. The van der Waals surface area contributed by atoms with Crippen LogP contribution < -0.4 is 20.0 Å². The lowest BCUT2D eigenvalue weighted by Gasteiger charge is -2.35. The third kappa shape index (κ3) is 5.90. The van der Waals surface area contributed by atoms with E-state index in [-0.39, 0.29) is 24.2 Å². The molecule has 0 aliphatic carbocycles. The van der Waals surface area contributed by atoms with Gasteiger partial charge in [0.25, 0.3) is 0 Å². The largest absolute Gasteiger partial charge is 0.354 e. The summed E-state index contributed by atoms with van der Waals surface area (Å²) in [4.78, 5) is 41.5. The van der Waals surface area contributed by atoms with Crippen molar-refractivity contribution in [3.05, 3.63) is 90.0 Å². The van der Waals surface area contributed by atoms with Crippen molar-refractivity contribution in [2.75, 3.05) is 54.0 Å². The van der Waals surface area contributed by atoms with Gasteiger partial charge in [0, 0.05) is 52.2 Å². The number of halogens is 1. The number of imide groups is 1. The SMILES string of the molecule is O=C1CCN(c2ccc(CN3CCN(c4cccc(-c5cnc6ccc(N7CCC[C@@H]7c7cccc(F)c7)nn56)n4)CC3)nn2)C(=O)N1. The molecule has 0 spiro atoms. The number of nitrogens with zero attached hydrogens (tertiary/aromatic N) is 10. The molecule has 1 aromatic carbocycles. The molecular formula is C34H34FN11O2. The van der Waals surface area contributed by atoms with Crippen molar-refractivity contribution in [3.63, 3.8) is 0 Å². The van der Waals surface area contributed by atoms with Crippen molar-refractivity contribution >= 4 is 35.0 Å². The van der Waals surface area contributed by atoms with Crippen LogP contribution in [0.1, 0.15) is 36.6 Å². The van der Waals surface area contributed by atoms with Crippen LogP contribution in [0.15, 0.2) is 72.9 Å². The van der Waals surface area contributed by atoms with E-state index in [1.807, 2.05) is 53.2 Å². The van der Waals surface area contributed by atoms with Crippen LogP contribution in [-0.4, -0.2) is 85.9 Å². The van der Waals surface area contributed by atoms with Gasteiger partial charge in [0.05, 0.1) is 23.6 Å². The summed E-state index contributed by atoms with van der Waals surface area (Å²) in [5.41, 5.74) is 4.11. The van der Waals surface area contributed by atoms with Gasteiger partial charge in [-0.2, -0.15) is 5.10 Å². The molecule has 0 saturated carbocycles. The Hall–Kier alpha value is -5.50. The predicted molar refractivity (Wildman–Crippen MR) is 177 cm³/mol. The smallest absolute Gasteiger partial charge is 0.329 e. The Morgan fingerprint density at radius 2 is 1.71 bits per heavy atom. The number of imidazole rings is 1. The van der Waals surface area contributed by atoms with Gasteiger partial charge in [0.15, 0.2) is 11.5 Å². The Balaban J connectivity index is 0.936. The molecule has 3 fully saturated rings. The van der Waals surface area contributed by atoms with E-state index in [1.54, 1.807) is 18.2 Å². The molecule has 0 radical (unpaired) electrons. The molecule has 4 aromatic heterocycles. The van der Waals surface area contributed by atoms with Crippen LogP contribution >= 0.6 is 0 Å². The zero-order valence-electron chi connectivity index (χ0n) is 26.2. The molecule has 3 aliphatic rings. The van der Waals surface area contributed by atoms with Crippen molar-refractivity contribution in [1.82, 2.24) is 40.0 Å². The van der Waals surface area contributed by atoms with Gasteiger partial charge in [0.2, 0.25) is 5.91 Å². The monoisotopic (exact) mass is 647 g/mol. The number of urea groups is 1. The van der Waals surface area contributed by atoms with E-state index in [2.05, 4.69) is 35.2 Å². The Kier molecular flexibility index (Phi) is 7.84.